The van der Waals surface area contributed by atoms with E-state index in [1.165, 1.54) is 5.39 Å². The molecule has 1 amide bonds. The van der Waals surface area contributed by atoms with Gasteiger partial charge in [0.25, 0.3) is 0 Å². The van der Waals surface area contributed by atoms with Gasteiger partial charge < -0.3 is 29.3 Å². The van der Waals surface area contributed by atoms with E-state index >= 15 is 0 Å². The molecule has 1 N–H and O–H groups in total. The van der Waals surface area contributed by atoms with Crippen molar-refractivity contribution in [1.29, 1.82) is 0 Å². The van der Waals surface area contributed by atoms with E-state index in [9.17, 15) is 4.79 Å². The molecule has 23 heavy (non-hydrogen) atoms. The van der Waals surface area contributed by atoms with Crippen LogP contribution in [0.15, 0.2) is 72.8 Å². The van der Waals surface area contributed by atoms with E-state index in [4.69, 9.17) is 0 Å². The molecule has 0 bridgehead atoms. The number of hydrogen-bond acceptors (Lipinski definition) is 1. The highest BCUT2D eigenvalue weighted by Crippen LogP contribution is 2.11. The van der Waals surface area contributed by atoms with Gasteiger partial charge in [0.05, 0.1) is 0 Å². The smallest absolute Gasteiger partial charge is 0.248 e. The molecule has 0 aliphatic carbocycles. The van der Waals surface area contributed by atoms with Gasteiger partial charge in [-0.25, -0.2) is 0 Å². The number of carbonyl (C=O) groups is 1. The van der Waals surface area contributed by atoms with Crippen LogP contribution in [0.2, 0.25) is 0 Å². The summed E-state index contributed by atoms with van der Waals surface area (Å²) in [6.45, 7) is 0. The first-order chi connectivity index (χ1) is 10.7. The molecule has 3 rings (SSSR count). The Bertz CT molecular complexity index is 844. The predicted octanol–water partition coefficient (Wildman–Crippen LogP) is 0.320. The molecule has 3 nitrogen and oxygen atoms in total. The van der Waals surface area contributed by atoms with Gasteiger partial charge in [-0.2, -0.15) is 4.57 Å². The van der Waals surface area contributed by atoms with Crippen LogP contribution >= 0.6 is 0 Å². The topological polar surface area (TPSA) is 33.0 Å². The molecule has 1 aromatic heterocycles. The summed E-state index contributed by atoms with van der Waals surface area (Å²) in [6, 6.07) is 21.7. The number of para-hydroxylation sites is 2. The van der Waals surface area contributed by atoms with Gasteiger partial charge in [0.15, 0.2) is 0 Å². The molecular weight excluding hydrogens is 399 g/mol. The molecule has 4 heteroatoms. The summed E-state index contributed by atoms with van der Waals surface area (Å²) in [5.74, 6) is -0.139. The molecule has 0 fully saturated rings. The van der Waals surface area contributed by atoms with Crippen LogP contribution in [0, 0.1) is 0 Å². The Morgan fingerprint density at radius 1 is 0.957 bits per heavy atom. The molecule has 0 radical (unpaired) electrons. The molecule has 0 atom stereocenters. The molecule has 0 saturated heterocycles. The predicted molar refractivity (Wildman–Crippen MR) is 89.2 cm³/mol. The second-order valence-corrected chi connectivity index (χ2v) is 5.06. The molecule has 3 aromatic rings. The first kappa shape index (κ1) is 17.1. The van der Waals surface area contributed by atoms with Crippen molar-refractivity contribution in [1.82, 2.24) is 0 Å². The first-order valence-electron chi connectivity index (χ1n) is 7.16. The maximum Gasteiger partial charge on any atom is 0.248 e. The number of pyridine rings is 1. The quantitative estimate of drug-likeness (QED) is 0.373. The maximum absolute atomic E-state index is 12.0. The zero-order valence-electron chi connectivity index (χ0n) is 12.7. The number of halogens is 1. The third-order valence-electron chi connectivity index (χ3n) is 3.57. The SMILES string of the molecule is C[n+]1c(/C=C/C(=O)Nc2ccccc2)ccc2ccccc21.[I-]. The zero-order valence-corrected chi connectivity index (χ0v) is 14.9. The van der Waals surface area contributed by atoms with Crippen LogP contribution in [0.3, 0.4) is 0 Å². The minimum atomic E-state index is -0.139. The van der Waals surface area contributed by atoms with E-state index in [-0.39, 0.29) is 29.9 Å². The fraction of sp³-hybridized carbons (Fsp3) is 0.0526. The van der Waals surface area contributed by atoms with E-state index in [1.54, 1.807) is 6.08 Å². The Kier molecular flexibility index (Phi) is 5.87. The Labute approximate surface area is 152 Å². The van der Waals surface area contributed by atoms with Crippen molar-refractivity contribution in [3.8, 4) is 0 Å². The van der Waals surface area contributed by atoms with Crippen LogP contribution in [-0.4, -0.2) is 5.91 Å². The van der Waals surface area contributed by atoms with Gasteiger partial charge in [0, 0.05) is 35.4 Å². The van der Waals surface area contributed by atoms with Gasteiger partial charge in [-0.15, -0.1) is 0 Å². The van der Waals surface area contributed by atoms with E-state index in [0.717, 1.165) is 16.9 Å². The average Bonchev–Trinajstić information content (AvgIpc) is 2.55. The Hall–Kier alpha value is -2.21. The monoisotopic (exact) mass is 416 g/mol. The highest BCUT2D eigenvalue weighted by atomic mass is 127. The molecule has 2 aromatic carbocycles. The number of nitrogens with zero attached hydrogens (tertiary/aromatic N) is 1. The van der Waals surface area contributed by atoms with E-state index in [0.29, 0.717) is 0 Å². The van der Waals surface area contributed by atoms with Crippen molar-refractivity contribution in [3.05, 3.63) is 78.5 Å². The number of fused-ring (bicyclic) bond motifs is 1. The van der Waals surface area contributed by atoms with Gasteiger partial charge in [0.2, 0.25) is 17.1 Å². The molecular formula is C19H17IN2O. The lowest BCUT2D eigenvalue weighted by Crippen LogP contribution is -3.00. The molecule has 0 aliphatic heterocycles. The average molecular weight is 416 g/mol. The highest BCUT2D eigenvalue weighted by Gasteiger charge is 2.08. The number of rotatable bonds is 3. The summed E-state index contributed by atoms with van der Waals surface area (Å²) >= 11 is 0. The van der Waals surface area contributed by atoms with E-state index < -0.39 is 0 Å². The second-order valence-electron chi connectivity index (χ2n) is 5.06. The normalized spacial score (nSPS) is 10.5. The van der Waals surface area contributed by atoms with Gasteiger partial charge in [-0.3, -0.25) is 4.79 Å². The largest absolute Gasteiger partial charge is 1.00 e. The van der Waals surface area contributed by atoms with Gasteiger partial charge in [0.1, 0.15) is 7.05 Å². The minimum Gasteiger partial charge on any atom is -1.00 e. The lowest BCUT2D eigenvalue weighted by molar-refractivity contribution is -0.646. The van der Waals surface area contributed by atoms with Crippen molar-refractivity contribution < 1.29 is 33.3 Å². The number of amides is 1. The Morgan fingerprint density at radius 2 is 1.65 bits per heavy atom. The molecule has 0 saturated carbocycles. The number of hydrogen-bond donors (Lipinski definition) is 1. The van der Waals surface area contributed by atoms with Gasteiger partial charge >= 0.3 is 0 Å². The summed E-state index contributed by atoms with van der Waals surface area (Å²) in [7, 11) is 2.00. The van der Waals surface area contributed by atoms with Crippen molar-refractivity contribution >= 4 is 28.6 Å². The number of benzene rings is 2. The summed E-state index contributed by atoms with van der Waals surface area (Å²) in [4.78, 5) is 12.0. The summed E-state index contributed by atoms with van der Waals surface area (Å²) < 4.78 is 2.07. The standard InChI is InChI=1S/C19H16N2O.HI/c1-21-17(12-11-15-7-5-6-10-18(15)21)13-14-19(22)20-16-8-3-2-4-9-16;/h2-14H,1H3;1H/b14-13+;. The molecule has 116 valence electrons. The molecule has 1 heterocycles. The van der Waals surface area contributed by atoms with Gasteiger partial charge in [-0.05, 0) is 24.3 Å². The number of anilines is 1. The van der Waals surface area contributed by atoms with Crippen LogP contribution in [-0.2, 0) is 11.8 Å². The Morgan fingerprint density at radius 3 is 2.43 bits per heavy atom. The van der Waals surface area contributed by atoms with Crippen molar-refractivity contribution in [3.63, 3.8) is 0 Å². The van der Waals surface area contributed by atoms with Crippen molar-refractivity contribution in [2.45, 2.75) is 0 Å². The molecule has 0 spiro atoms. The third-order valence-corrected chi connectivity index (χ3v) is 3.57. The number of aromatic nitrogens is 1. The van der Waals surface area contributed by atoms with Crippen molar-refractivity contribution in [2.24, 2.45) is 7.05 Å². The van der Waals surface area contributed by atoms with Gasteiger partial charge in [-0.1, -0.05) is 30.3 Å². The fourth-order valence-corrected chi connectivity index (χ4v) is 2.39. The lowest BCUT2D eigenvalue weighted by Gasteiger charge is -2.01. The van der Waals surface area contributed by atoms with Crippen LogP contribution < -0.4 is 33.9 Å². The van der Waals surface area contributed by atoms with Crippen LogP contribution in [0.25, 0.3) is 17.0 Å². The lowest BCUT2D eigenvalue weighted by atomic mass is 10.2. The second kappa shape index (κ2) is 7.87. The summed E-state index contributed by atoms with van der Waals surface area (Å²) in [5, 5.41) is 4.01. The van der Waals surface area contributed by atoms with Crippen LogP contribution in [0.5, 0.6) is 0 Å². The van der Waals surface area contributed by atoms with Crippen LogP contribution in [0.1, 0.15) is 5.69 Å². The number of nitrogens with one attached hydrogen (secondary N) is 1. The minimum absolute atomic E-state index is 0. The van der Waals surface area contributed by atoms with E-state index in [2.05, 4.69) is 28.1 Å². The molecule has 0 aliphatic rings. The highest BCUT2D eigenvalue weighted by molar-refractivity contribution is 6.01. The van der Waals surface area contributed by atoms with E-state index in [1.807, 2.05) is 61.7 Å². The summed E-state index contributed by atoms with van der Waals surface area (Å²) in [6.07, 6.45) is 3.38. The third kappa shape index (κ3) is 4.16. The molecule has 0 unspecified atom stereocenters. The van der Waals surface area contributed by atoms with Crippen LogP contribution in [0.4, 0.5) is 5.69 Å². The first-order valence-corrected chi connectivity index (χ1v) is 7.16. The number of aryl methyl sites for hydroxylation is 1. The summed E-state index contributed by atoms with van der Waals surface area (Å²) in [5.41, 5.74) is 2.90. The maximum atomic E-state index is 12.0. The number of carbonyl (C=O) groups excluding carboxylic acids is 1. The Balaban J connectivity index is 0.00000192. The fourth-order valence-electron chi connectivity index (χ4n) is 2.39. The van der Waals surface area contributed by atoms with Crippen molar-refractivity contribution in [2.75, 3.05) is 5.32 Å². The zero-order chi connectivity index (χ0) is 15.4.